The third kappa shape index (κ3) is 5.81. The molecule has 5 aromatic rings. The van der Waals surface area contributed by atoms with Crippen LogP contribution in [0.15, 0.2) is 112 Å². The normalized spacial score (nSPS) is 11.7. The number of ether oxygens (including phenoxy) is 1. The van der Waals surface area contributed by atoms with Gasteiger partial charge in [0.15, 0.2) is 0 Å². The van der Waals surface area contributed by atoms with Crippen molar-refractivity contribution in [3.8, 4) is 22.7 Å². The van der Waals surface area contributed by atoms with Gasteiger partial charge in [0.2, 0.25) is 0 Å². The first-order valence-corrected chi connectivity index (χ1v) is 14.0. The van der Waals surface area contributed by atoms with Crippen molar-refractivity contribution in [3.63, 3.8) is 0 Å². The molecule has 2 aromatic heterocycles. The van der Waals surface area contributed by atoms with Gasteiger partial charge in [-0.1, -0.05) is 6.07 Å². The number of benzene rings is 3. The van der Waals surface area contributed by atoms with Crippen molar-refractivity contribution in [1.82, 2.24) is 14.8 Å². The predicted molar refractivity (Wildman–Crippen MR) is 158 cm³/mol. The maximum atomic E-state index is 13.7. The molecule has 13 heteroatoms. The van der Waals surface area contributed by atoms with E-state index >= 15 is 0 Å². The molecule has 12 nitrogen and oxygen atoms in total. The lowest BCUT2D eigenvalue weighted by Gasteiger charge is -2.07. The number of aromatic nitrogens is 3. The van der Waals surface area contributed by atoms with Gasteiger partial charge in [-0.05, 0) is 79.7 Å². The van der Waals surface area contributed by atoms with Gasteiger partial charge in [0.05, 0.1) is 45.3 Å². The fourth-order valence-corrected chi connectivity index (χ4v) is 5.22. The van der Waals surface area contributed by atoms with Gasteiger partial charge in [0, 0.05) is 23.9 Å². The van der Waals surface area contributed by atoms with Gasteiger partial charge in [-0.25, -0.2) is 18.1 Å². The maximum absolute atomic E-state index is 13.7. The Bertz CT molecular complexity index is 1930. The summed E-state index contributed by atoms with van der Waals surface area (Å²) in [5, 5.41) is 14.2. The third-order valence-electron chi connectivity index (χ3n) is 6.30. The molecule has 0 unspecified atom stereocenters. The number of non-ortho nitro benzene ring substituents is 1. The van der Waals surface area contributed by atoms with Gasteiger partial charge in [-0.15, -0.1) is 0 Å². The Balaban J connectivity index is 1.53. The van der Waals surface area contributed by atoms with Crippen LogP contribution in [0.3, 0.4) is 0 Å². The first kappa shape index (κ1) is 28.0. The van der Waals surface area contributed by atoms with E-state index in [1.54, 1.807) is 56.5 Å². The molecule has 0 bridgehead atoms. The largest absolute Gasteiger partial charge is 0.497 e. The van der Waals surface area contributed by atoms with Crippen molar-refractivity contribution in [2.24, 2.45) is 4.99 Å². The van der Waals surface area contributed by atoms with Crippen LogP contribution >= 0.6 is 0 Å². The Morgan fingerprint density at radius 2 is 1.69 bits per heavy atom. The average Bonchev–Trinajstić information content (AvgIpc) is 3.34. The second kappa shape index (κ2) is 11.5. The molecule has 0 amide bonds. The Morgan fingerprint density at radius 3 is 2.29 bits per heavy atom. The number of sulfonamides is 1. The third-order valence-corrected chi connectivity index (χ3v) is 7.67. The number of nitrogens with zero attached hydrogens (tertiary/aromatic N) is 4. The van der Waals surface area contributed by atoms with Gasteiger partial charge < -0.3 is 4.74 Å². The zero-order valence-electron chi connectivity index (χ0n) is 22.4. The summed E-state index contributed by atoms with van der Waals surface area (Å²) in [5.74, 6) is 0.827. The van der Waals surface area contributed by atoms with Gasteiger partial charge in [-0.2, -0.15) is 0 Å². The van der Waals surface area contributed by atoms with Crippen molar-refractivity contribution in [2.75, 3.05) is 11.8 Å². The maximum Gasteiger partial charge on any atom is 0.280 e. The number of H-pyrrole nitrogens is 1. The summed E-state index contributed by atoms with van der Waals surface area (Å²) >= 11 is 0. The van der Waals surface area contributed by atoms with E-state index in [0.717, 1.165) is 0 Å². The smallest absolute Gasteiger partial charge is 0.280 e. The number of pyridine rings is 1. The molecule has 0 aliphatic carbocycles. The average molecular weight is 585 g/mol. The fourth-order valence-electron chi connectivity index (χ4n) is 4.21. The molecule has 0 spiro atoms. The highest BCUT2D eigenvalue weighted by atomic mass is 32.2. The first-order valence-electron chi connectivity index (χ1n) is 12.5. The topological polar surface area (TPSA) is 162 Å². The van der Waals surface area contributed by atoms with Crippen molar-refractivity contribution in [3.05, 3.63) is 123 Å². The van der Waals surface area contributed by atoms with Crippen LogP contribution in [0, 0.1) is 10.1 Å². The van der Waals surface area contributed by atoms with Crippen molar-refractivity contribution in [2.45, 2.75) is 11.8 Å². The lowest BCUT2D eigenvalue weighted by molar-refractivity contribution is -0.384. The molecule has 0 fully saturated rings. The highest BCUT2D eigenvalue weighted by Crippen LogP contribution is 2.26. The number of hydrogen-bond acceptors (Lipinski definition) is 8. The summed E-state index contributed by atoms with van der Waals surface area (Å²) < 4.78 is 34.5. The van der Waals surface area contributed by atoms with Crippen molar-refractivity contribution < 1.29 is 18.1 Å². The number of rotatable bonds is 9. The molecule has 0 radical (unpaired) electrons. The molecule has 42 heavy (non-hydrogen) atoms. The minimum Gasteiger partial charge on any atom is -0.497 e. The zero-order valence-corrected chi connectivity index (χ0v) is 23.2. The number of nitrogens with one attached hydrogen (secondary N) is 2. The van der Waals surface area contributed by atoms with Crippen LogP contribution in [0.1, 0.15) is 12.5 Å². The molecule has 0 saturated carbocycles. The van der Waals surface area contributed by atoms with Gasteiger partial charge in [0.1, 0.15) is 11.6 Å². The van der Waals surface area contributed by atoms with Crippen LogP contribution in [-0.2, 0) is 10.0 Å². The second-order valence-corrected chi connectivity index (χ2v) is 10.7. The molecule has 3 aromatic carbocycles. The number of aliphatic imine (C=N–C) groups is 1. The minimum atomic E-state index is -3.87. The van der Waals surface area contributed by atoms with Gasteiger partial charge in [0.25, 0.3) is 21.3 Å². The summed E-state index contributed by atoms with van der Waals surface area (Å²) in [7, 11) is -2.32. The van der Waals surface area contributed by atoms with Crippen LogP contribution in [0.2, 0.25) is 0 Å². The molecule has 0 aliphatic heterocycles. The molecule has 0 saturated heterocycles. The SMILES string of the molecule is COc1ccc(-c2[nH]n(-c3ccc([N+](=O)[O-])cc3)c(=O)c2C(C)=Nc2ccc(S(=O)(=O)Nc3ccccn3)cc2)cc1. The van der Waals surface area contributed by atoms with E-state index in [9.17, 15) is 23.3 Å². The van der Waals surface area contributed by atoms with Crippen molar-refractivity contribution in [1.29, 1.82) is 0 Å². The fraction of sp³-hybridized carbons (Fsp3) is 0.0690. The van der Waals surface area contributed by atoms with E-state index < -0.39 is 20.5 Å². The number of nitro benzene ring substituents is 1. The summed E-state index contributed by atoms with van der Waals surface area (Å²) in [6, 6.07) is 23.4. The Kier molecular flexibility index (Phi) is 7.67. The molecule has 0 aliphatic rings. The van der Waals surface area contributed by atoms with Crippen LogP contribution in [0.4, 0.5) is 17.2 Å². The Labute approximate surface area is 240 Å². The lowest BCUT2D eigenvalue weighted by Crippen LogP contribution is -2.19. The van der Waals surface area contributed by atoms with E-state index in [2.05, 4.69) is 19.8 Å². The van der Waals surface area contributed by atoms with Crippen LogP contribution in [-0.4, -0.2) is 40.9 Å². The van der Waals surface area contributed by atoms with Gasteiger partial charge >= 0.3 is 0 Å². The number of nitro groups is 1. The predicted octanol–water partition coefficient (Wildman–Crippen LogP) is 5.09. The zero-order chi connectivity index (χ0) is 29.9. The number of anilines is 1. The Hall–Kier alpha value is -5.56. The van der Waals surface area contributed by atoms with Crippen molar-refractivity contribution >= 4 is 32.9 Å². The van der Waals surface area contributed by atoms with E-state index in [4.69, 9.17) is 4.74 Å². The van der Waals surface area contributed by atoms with Crippen LogP contribution in [0.5, 0.6) is 5.75 Å². The summed E-state index contributed by atoms with van der Waals surface area (Å²) in [4.78, 5) is 32.9. The lowest BCUT2D eigenvalue weighted by atomic mass is 10.0. The molecular weight excluding hydrogens is 560 g/mol. The first-order chi connectivity index (χ1) is 20.2. The highest BCUT2D eigenvalue weighted by Gasteiger charge is 2.20. The van der Waals surface area contributed by atoms with E-state index in [0.29, 0.717) is 34.1 Å². The molecule has 2 heterocycles. The minimum absolute atomic E-state index is 0.0193. The van der Waals surface area contributed by atoms with Crippen LogP contribution in [0.25, 0.3) is 16.9 Å². The Morgan fingerprint density at radius 1 is 1.00 bits per heavy atom. The highest BCUT2D eigenvalue weighted by molar-refractivity contribution is 7.92. The monoisotopic (exact) mass is 584 g/mol. The molecular formula is C29H24N6O6S. The molecule has 0 atom stereocenters. The number of methoxy groups -OCH3 is 1. The summed E-state index contributed by atoms with van der Waals surface area (Å²) in [5.41, 5.74) is 2.09. The quantitative estimate of drug-likeness (QED) is 0.139. The van der Waals surface area contributed by atoms with E-state index in [1.807, 2.05) is 0 Å². The molecule has 2 N–H and O–H groups in total. The van der Waals surface area contributed by atoms with E-state index in [-0.39, 0.29) is 22.0 Å². The molecule has 212 valence electrons. The summed E-state index contributed by atoms with van der Waals surface area (Å²) in [6.07, 6.45) is 1.48. The van der Waals surface area contributed by atoms with E-state index in [1.165, 1.54) is 59.4 Å². The number of hydrogen-bond donors (Lipinski definition) is 2. The summed E-state index contributed by atoms with van der Waals surface area (Å²) in [6.45, 7) is 1.67. The molecule has 5 rings (SSSR count). The van der Waals surface area contributed by atoms with Gasteiger partial charge in [-0.3, -0.25) is 29.7 Å². The van der Waals surface area contributed by atoms with Crippen LogP contribution < -0.4 is 15.0 Å². The number of aromatic amines is 1. The standard InChI is InChI=1S/C29H24N6O6S/c1-19(31-21-8-16-25(17-9-21)42(39,40)33-26-5-3-4-18-30-26)27-28(20-6-14-24(41-2)15-7-20)32-34(29(27)36)22-10-12-23(13-11-22)35(37)38/h3-18,32H,1-2H3,(H,30,33). The second-order valence-electron chi connectivity index (χ2n) is 9.02.